The second-order valence-electron chi connectivity index (χ2n) is 5.11. The topological polar surface area (TPSA) is 32.3 Å². The van der Waals surface area contributed by atoms with Crippen molar-refractivity contribution < 1.29 is 4.79 Å². The predicted octanol–water partition coefficient (Wildman–Crippen LogP) is 4.22. The van der Waals surface area contributed by atoms with E-state index in [9.17, 15) is 4.79 Å². The van der Waals surface area contributed by atoms with Crippen LogP contribution in [0.3, 0.4) is 0 Å². The number of nitrogens with zero attached hydrogens (tertiary/aromatic N) is 1. The SMILES string of the molecule is CCN(C(=O)NC(C)(C)c1cccs1)c1ccccc1. The summed E-state index contributed by atoms with van der Waals surface area (Å²) in [5.41, 5.74) is 0.544. The smallest absolute Gasteiger partial charge is 0.322 e. The Bertz CT molecular complexity index is 549. The summed E-state index contributed by atoms with van der Waals surface area (Å²) in [6.45, 7) is 6.66. The van der Waals surface area contributed by atoms with E-state index in [1.807, 2.05) is 68.6 Å². The average molecular weight is 288 g/mol. The Morgan fingerprint density at radius 3 is 2.45 bits per heavy atom. The van der Waals surface area contributed by atoms with Crippen LogP contribution < -0.4 is 10.2 Å². The molecule has 0 aliphatic carbocycles. The second kappa shape index (κ2) is 6.09. The summed E-state index contributed by atoms with van der Waals surface area (Å²) in [5.74, 6) is 0. The minimum absolute atomic E-state index is 0.0721. The third-order valence-corrected chi connectivity index (χ3v) is 4.38. The summed E-state index contributed by atoms with van der Waals surface area (Å²) in [7, 11) is 0. The molecule has 0 unspecified atom stereocenters. The molecule has 0 aliphatic rings. The summed E-state index contributed by atoms with van der Waals surface area (Å²) in [6, 6.07) is 13.7. The first-order valence-electron chi connectivity index (χ1n) is 6.73. The van der Waals surface area contributed by atoms with Crippen molar-refractivity contribution >= 4 is 23.1 Å². The van der Waals surface area contributed by atoms with E-state index in [0.717, 1.165) is 10.6 Å². The van der Waals surface area contributed by atoms with Crippen molar-refractivity contribution in [3.8, 4) is 0 Å². The van der Waals surface area contributed by atoms with E-state index in [4.69, 9.17) is 0 Å². The molecule has 0 saturated carbocycles. The monoisotopic (exact) mass is 288 g/mol. The molecule has 0 fully saturated rings. The summed E-state index contributed by atoms with van der Waals surface area (Å²) in [6.07, 6.45) is 0. The molecule has 2 amide bonds. The molecule has 106 valence electrons. The number of carbonyl (C=O) groups is 1. The maximum atomic E-state index is 12.5. The van der Waals surface area contributed by atoms with E-state index in [2.05, 4.69) is 5.32 Å². The summed E-state index contributed by atoms with van der Waals surface area (Å²) in [4.78, 5) is 15.4. The maximum Gasteiger partial charge on any atom is 0.322 e. The molecule has 2 aromatic rings. The Morgan fingerprint density at radius 2 is 1.90 bits per heavy atom. The molecule has 1 aromatic heterocycles. The van der Waals surface area contributed by atoms with Gasteiger partial charge in [0.15, 0.2) is 0 Å². The number of urea groups is 1. The molecule has 20 heavy (non-hydrogen) atoms. The molecule has 0 atom stereocenters. The number of rotatable bonds is 4. The van der Waals surface area contributed by atoms with Gasteiger partial charge in [0.2, 0.25) is 0 Å². The molecule has 1 heterocycles. The number of amides is 2. The molecular formula is C16H20N2OS. The number of para-hydroxylation sites is 1. The number of thiophene rings is 1. The summed E-state index contributed by atoms with van der Waals surface area (Å²) < 4.78 is 0. The van der Waals surface area contributed by atoms with E-state index in [0.29, 0.717) is 6.54 Å². The summed E-state index contributed by atoms with van der Waals surface area (Å²) >= 11 is 1.65. The Labute approximate surface area is 124 Å². The highest BCUT2D eigenvalue weighted by Crippen LogP contribution is 2.25. The van der Waals surface area contributed by atoms with E-state index in [1.54, 1.807) is 16.2 Å². The van der Waals surface area contributed by atoms with Gasteiger partial charge in [0, 0.05) is 17.1 Å². The van der Waals surface area contributed by atoms with Gasteiger partial charge in [-0.1, -0.05) is 24.3 Å². The van der Waals surface area contributed by atoms with Gasteiger partial charge in [-0.15, -0.1) is 11.3 Å². The highest BCUT2D eigenvalue weighted by Gasteiger charge is 2.26. The molecule has 0 radical (unpaired) electrons. The first-order chi connectivity index (χ1) is 9.54. The molecule has 1 N–H and O–H groups in total. The first-order valence-corrected chi connectivity index (χ1v) is 7.61. The number of carbonyl (C=O) groups excluding carboxylic acids is 1. The largest absolute Gasteiger partial charge is 0.328 e. The number of anilines is 1. The van der Waals surface area contributed by atoms with E-state index >= 15 is 0 Å². The zero-order chi connectivity index (χ0) is 14.6. The van der Waals surface area contributed by atoms with Gasteiger partial charge in [-0.25, -0.2) is 4.79 Å². The van der Waals surface area contributed by atoms with Gasteiger partial charge in [-0.05, 0) is 44.4 Å². The minimum atomic E-state index is -0.368. The third kappa shape index (κ3) is 3.20. The Morgan fingerprint density at radius 1 is 1.20 bits per heavy atom. The van der Waals surface area contributed by atoms with Gasteiger partial charge in [0.25, 0.3) is 0 Å². The van der Waals surface area contributed by atoms with Gasteiger partial charge in [-0.2, -0.15) is 0 Å². The minimum Gasteiger partial charge on any atom is -0.328 e. The molecule has 0 spiro atoms. The fourth-order valence-corrected chi connectivity index (χ4v) is 2.89. The molecule has 3 nitrogen and oxygen atoms in total. The van der Waals surface area contributed by atoms with Crippen molar-refractivity contribution in [1.29, 1.82) is 0 Å². The zero-order valence-corrected chi connectivity index (χ0v) is 12.9. The van der Waals surface area contributed by atoms with E-state index in [1.165, 1.54) is 0 Å². The van der Waals surface area contributed by atoms with Gasteiger partial charge in [0.1, 0.15) is 0 Å². The summed E-state index contributed by atoms with van der Waals surface area (Å²) in [5, 5.41) is 5.13. The normalized spacial score (nSPS) is 11.2. The van der Waals surface area contributed by atoms with E-state index < -0.39 is 0 Å². The van der Waals surface area contributed by atoms with Crippen LogP contribution in [-0.4, -0.2) is 12.6 Å². The van der Waals surface area contributed by atoms with Gasteiger partial charge in [-0.3, -0.25) is 4.90 Å². The lowest BCUT2D eigenvalue weighted by molar-refractivity contribution is 0.236. The molecule has 0 bridgehead atoms. The molecule has 0 saturated heterocycles. The predicted molar refractivity (Wildman–Crippen MR) is 85.3 cm³/mol. The molecule has 2 rings (SSSR count). The first kappa shape index (κ1) is 14.6. The fourth-order valence-electron chi connectivity index (χ4n) is 2.08. The molecule has 0 aliphatic heterocycles. The van der Waals surface area contributed by atoms with Crippen LogP contribution in [0.5, 0.6) is 0 Å². The van der Waals surface area contributed by atoms with Crippen molar-refractivity contribution in [2.45, 2.75) is 26.3 Å². The van der Waals surface area contributed by atoms with Crippen LogP contribution in [0.2, 0.25) is 0 Å². The maximum absolute atomic E-state index is 12.5. The third-order valence-electron chi connectivity index (χ3n) is 3.19. The van der Waals surface area contributed by atoms with Crippen LogP contribution in [0.15, 0.2) is 47.8 Å². The number of hydrogen-bond acceptors (Lipinski definition) is 2. The average Bonchev–Trinajstić information content (AvgIpc) is 2.95. The number of hydrogen-bond donors (Lipinski definition) is 1. The Kier molecular flexibility index (Phi) is 4.45. The van der Waals surface area contributed by atoms with Crippen LogP contribution in [0.25, 0.3) is 0 Å². The number of benzene rings is 1. The van der Waals surface area contributed by atoms with Gasteiger partial charge in [0.05, 0.1) is 5.54 Å². The quantitative estimate of drug-likeness (QED) is 0.897. The van der Waals surface area contributed by atoms with Crippen LogP contribution in [0.1, 0.15) is 25.6 Å². The van der Waals surface area contributed by atoms with Crippen LogP contribution in [0.4, 0.5) is 10.5 Å². The number of nitrogens with one attached hydrogen (secondary N) is 1. The zero-order valence-electron chi connectivity index (χ0n) is 12.1. The van der Waals surface area contributed by atoms with Crippen LogP contribution in [0, 0.1) is 0 Å². The van der Waals surface area contributed by atoms with Crippen molar-refractivity contribution in [3.05, 3.63) is 52.7 Å². The van der Waals surface area contributed by atoms with Crippen molar-refractivity contribution in [3.63, 3.8) is 0 Å². The lowest BCUT2D eigenvalue weighted by atomic mass is 10.0. The highest BCUT2D eigenvalue weighted by molar-refractivity contribution is 7.10. The molecule has 1 aromatic carbocycles. The Balaban J connectivity index is 2.14. The van der Waals surface area contributed by atoms with Crippen molar-refractivity contribution in [2.75, 3.05) is 11.4 Å². The highest BCUT2D eigenvalue weighted by atomic mass is 32.1. The van der Waals surface area contributed by atoms with E-state index in [-0.39, 0.29) is 11.6 Å². The van der Waals surface area contributed by atoms with Crippen molar-refractivity contribution in [2.24, 2.45) is 0 Å². The van der Waals surface area contributed by atoms with Crippen LogP contribution in [-0.2, 0) is 5.54 Å². The second-order valence-corrected chi connectivity index (χ2v) is 6.06. The van der Waals surface area contributed by atoms with Crippen LogP contribution >= 0.6 is 11.3 Å². The van der Waals surface area contributed by atoms with Gasteiger partial charge < -0.3 is 5.32 Å². The fraction of sp³-hybridized carbons (Fsp3) is 0.312. The Hall–Kier alpha value is -1.81. The lowest BCUT2D eigenvalue weighted by Gasteiger charge is -2.30. The van der Waals surface area contributed by atoms with Gasteiger partial charge >= 0.3 is 6.03 Å². The standard InChI is InChI=1S/C16H20N2OS/c1-4-18(13-9-6-5-7-10-13)15(19)17-16(2,3)14-11-8-12-20-14/h5-12H,4H2,1-3H3,(H,17,19). The van der Waals surface area contributed by atoms with Crippen molar-refractivity contribution in [1.82, 2.24) is 5.32 Å². The molecule has 4 heteroatoms. The lowest BCUT2D eigenvalue weighted by Crippen LogP contribution is -2.48. The molecular weight excluding hydrogens is 268 g/mol.